The van der Waals surface area contributed by atoms with Crippen LogP contribution in [0.25, 0.3) is 0 Å². The van der Waals surface area contributed by atoms with E-state index in [2.05, 4.69) is 20.9 Å². The van der Waals surface area contributed by atoms with E-state index in [4.69, 9.17) is 11.6 Å². The fraction of sp³-hybridized carbons (Fsp3) is 0.250. The lowest BCUT2D eigenvalue weighted by Gasteiger charge is -2.23. The van der Waals surface area contributed by atoms with Crippen LogP contribution in [0.1, 0.15) is 28.8 Å². The van der Waals surface area contributed by atoms with E-state index in [1.54, 1.807) is 18.5 Å². The van der Waals surface area contributed by atoms with E-state index in [9.17, 15) is 4.79 Å². The van der Waals surface area contributed by atoms with Crippen molar-refractivity contribution in [1.29, 1.82) is 0 Å². The SMILES string of the molecule is O=C(c1cccc(Br)c1Cl)N(Cc1ccncc1)C1CC1. The second kappa shape index (κ2) is 6.16. The summed E-state index contributed by atoms with van der Waals surface area (Å²) in [5.74, 6) is -0.0133. The van der Waals surface area contributed by atoms with Crippen LogP contribution >= 0.6 is 27.5 Å². The van der Waals surface area contributed by atoms with Gasteiger partial charge < -0.3 is 4.90 Å². The molecule has 3 rings (SSSR count). The third-order valence-corrected chi connectivity index (χ3v) is 4.83. The quantitative estimate of drug-likeness (QED) is 0.809. The molecule has 0 radical (unpaired) electrons. The third kappa shape index (κ3) is 3.27. The second-order valence-electron chi connectivity index (χ2n) is 5.12. The molecule has 5 heteroatoms. The van der Waals surface area contributed by atoms with Crippen LogP contribution in [0.2, 0.25) is 5.02 Å². The molecule has 3 nitrogen and oxygen atoms in total. The summed E-state index contributed by atoms with van der Waals surface area (Å²) in [6.07, 6.45) is 5.61. The van der Waals surface area contributed by atoms with Crippen molar-refractivity contribution >= 4 is 33.4 Å². The maximum absolute atomic E-state index is 12.8. The van der Waals surface area contributed by atoms with Gasteiger partial charge >= 0.3 is 0 Å². The number of carbonyl (C=O) groups excluding carboxylic acids is 1. The van der Waals surface area contributed by atoms with Gasteiger partial charge in [-0.05, 0) is 58.6 Å². The Hall–Kier alpha value is -1.39. The van der Waals surface area contributed by atoms with E-state index in [-0.39, 0.29) is 5.91 Å². The van der Waals surface area contributed by atoms with Crippen molar-refractivity contribution in [3.05, 3.63) is 63.3 Å². The zero-order valence-electron chi connectivity index (χ0n) is 11.3. The number of benzene rings is 1. The number of carbonyl (C=O) groups is 1. The second-order valence-corrected chi connectivity index (χ2v) is 6.35. The molecule has 0 bridgehead atoms. The van der Waals surface area contributed by atoms with Crippen LogP contribution in [0.15, 0.2) is 47.2 Å². The topological polar surface area (TPSA) is 33.2 Å². The van der Waals surface area contributed by atoms with Gasteiger partial charge in [-0.3, -0.25) is 9.78 Å². The van der Waals surface area contributed by atoms with E-state index in [1.165, 1.54) is 0 Å². The average Bonchev–Trinajstić information content (AvgIpc) is 3.33. The normalized spacial score (nSPS) is 14.0. The lowest BCUT2D eigenvalue weighted by Crippen LogP contribution is -2.32. The predicted molar refractivity (Wildman–Crippen MR) is 86.3 cm³/mol. The van der Waals surface area contributed by atoms with Gasteiger partial charge in [0.2, 0.25) is 0 Å². The minimum atomic E-state index is -0.0133. The van der Waals surface area contributed by atoms with Crippen molar-refractivity contribution < 1.29 is 4.79 Å². The minimum absolute atomic E-state index is 0.0133. The molecule has 1 aromatic carbocycles. The van der Waals surface area contributed by atoms with Crippen molar-refractivity contribution in [3.8, 4) is 0 Å². The smallest absolute Gasteiger partial charge is 0.255 e. The largest absolute Gasteiger partial charge is 0.331 e. The van der Waals surface area contributed by atoms with Gasteiger partial charge in [0.05, 0.1) is 10.6 Å². The Morgan fingerprint density at radius 1 is 1.29 bits per heavy atom. The van der Waals surface area contributed by atoms with E-state index in [0.717, 1.165) is 22.9 Å². The van der Waals surface area contributed by atoms with Gasteiger partial charge in [0.25, 0.3) is 5.91 Å². The van der Waals surface area contributed by atoms with Crippen LogP contribution in [-0.2, 0) is 6.54 Å². The van der Waals surface area contributed by atoms with Gasteiger partial charge in [0.1, 0.15) is 0 Å². The Morgan fingerprint density at radius 3 is 2.67 bits per heavy atom. The highest BCUT2D eigenvalue weighted by Crippen LogP contribution is 2.33. The highest BCUT2D eigenvalue weighted by Gasteiger charge is 2.33. The lowest BCUT2D eigenvalue weighted by atomic mass is 10.1. The first kappa shape index (κ1) is 14.5. The molecule has 108 valence electrons. The molecular weight excluding hydrogens is 352 g/mol. The Balaban J connectivity index is 1.87. The Morgan fingerprint density at radius 2 is 2.00 bits per heavy atom. The van der Waals surface area contributed by atoms with Gasteiger partial charge in [0, 0.05) is 29.5 Å². The monoisotopic (exact) mass is 364 g/mol. The molecule has 21 heavy (non-hydrogen) atoms. The van der Waals surface area contributed by atoms with Crippen LogP contribution in [0.3, 0.4) is 0 Å². The first-order chi connectivity index (χ1) is 10.2. The number of halogens is 2. The van der Waals surface area contributed by atoms with Crippen molar-refractivity contribution in [2.75, 3.05) is 0 Å². The number of aromatic nitrogens is 1. The Labute approximate surface area is 137 Å². The Kier molecular flexibility index (Phi) is 4.27. The molecule has 0 aliphatic heterocycles. The van der Waals surface area contributed by atoms with Gasteiger partial charge in [-0.15, -0.1) is 0 Å². The van der Waals surface area contributed by atoms with E-state index >= 15 is 0 Å². The van der Waals surface area contributed by atoms with E-state index in [0.29, 0.717) is 23.2 Å². The molecule has 0 spiro atoms. The summed E-state index contributed by atoms with van der Waals surface area (Å²) in [5.41, 5.74) is 1.63. The summed E-state index contributed by atoms with van der Waals surface area (Å²) in [6.45, 7) is 0.592. The van der Waals surface area contributed by atoms with Gasteiger partial charge in [0.15, 0.2) is 0 Å². The summed E-state index contributed by atoms with van der Waals surface area (Å²) < 4.78 is 0.745. The molecule has 0 unspecified atom stereocenters. The zero-order chi connectivity index (χ0) is 14.8. The van der Waals surface area contributed by atoms with E-state index < -0.39 is 0 Å². The van der Waals surface area contributed by atoms with Crippen LogP contribution in [0, 0.1) is 0 Å². The van der Waals surface area contributed by atoms with Gasteiger partial charge in [-0.1, -0.05) is 17.7 Å². The maximum Gasteiger partial charge on any atom is 0.255 e. The molecule has 1 aliphatic rings. The van der Waals surface area contributed by atoms with Crippen molar-refractivity contribution in [2.24, 2.45) is 0 Å². The number of hydrogen-bond donors (Lipinski definition) is 0. The van der Waals surface area contributed by atoms with Crippen LogP contribution in [0.5, 0.6) is 0 Å². The summed E-state index contributed by atoms with van der Waals surface area (Å²) >= 11 is 9.63. The molecule has 2 aromatic rings. The molecule has 0 N–H and O–H groups in total. The number of nitrogens with zero attached hydrogens (tertiary/aromatic N) is 2. The summed E-state index contributed by atoms with van der Waals surface area (Å²) in [5, 5.41) is 0.475. The molecule has 1 amide bonds. The summed E-state index contributed by atoms with van der Waals surface area (Å²) in [4.78, 5) is 18.7. The number of amides is 1. The lowest BCUT2D eigenvalue weighted by molar-refractivity contribution is 0.0730. The summed E-state index contributed by atoms with van der Waals surface area (Å²) in [7, 11) is 0. The van der Waals surface area contributed by atoms with Gasteiger partial charge in [-0.2, -0.15) is 0 Å². The molecule has 1 fully saturated rings. The fourth-order valence-corrected chi connectivity index (χ4v) is 2.83. The number of rotatable bonds is 4. The standard InChI is InChI=1S/C16H14BrClN2O/c17-14-3-1-2-13(15(14)18)16(21)20(12-4-5-12)10-11-6-8-19-9-7-11/h1-3,6-9,12H,4-5,10H2. The maximum atomic E-state index is 12.8. The summed E-state index contributed by atoms with van der Waals surface area (Å²) in [6, 6.07) is 9.64. The molecule has 1 aromatic heterocycles. The van der Waals surface area contributed by atoms with Crippen molar-refractivity contribution in [1.82, 2.24) is 9.88 Å². The van der Waals surface area contributed by atoms with Crippen molar-refractivity contribution in [3.63, 3.8) is 0 Å². The first-order valence-electron chi connectivity index (χ1n) is 6.80. The van der Waals surface area contributed by atoms with Gasteiger partial charge in [-0.25, -0.2) is 0 Å². The third-order valence-electron chi connectivity index (χ3n) is 3.53. The fourth-order valence-electron chi connectivity index (χ4n) is 2.26. The van der Waals surface area contributed by atoms with Crippen LogP contribution < -0.4 is 0 Å². The Bertz CT molecular complexity index is 659. The molecular formula is C16H14BrClN2O. The predicted octanol–water partition coefficient (Wildman–Crippen LogP) is 4.30. The molecule has 1 heterocycles. The van der Waals surface area contributed by atoms with Crippen molar-refractivity contribution in [2.45, 2.75) is 25.4 Å². The highest BCUT2D eigenvalue weighted by molar-refractivity contribution is 9.10. The van der Waals surface area contributed by atoms with Crippen LogP contribution in [-0.4, -0.2) is 21.8 Å². The molecule has 0 atom stereocenters. The molecule has 1 aliphatic carbocycles. The number of pyridine rings is 1. The first-order valence-corrected chi connectivity index (χ1v) is 7.98. The number of hydrogen-bond acceptors (Lipinski definition) is 2. The van der Waals surface area contributed by atoms with Crippen LogP contribution in [0.4, 0.5) is 0 Å². The van der Waals surface area contributed by atoms with E-state index in [1.807, 2.05) is 29.2 Å². The minimum Gasteiger partial charge on any atom is -0.331 e. The zero-order valence-corrected chi connectivity index (χ0v) is 13.6. The molecule has 0 saturated heterocycles. The highest BCUT2D eigenvalue weighted by atomic mass is 79.9. The molecule has 1 saturated carbocycles. The average molecular weight is 366 g/mol.